The van der Waals surface area contributed by atoms with E-state index in [0.717, 1.165) is 25.0 Å². The molecule has 0 aromatic heterocycles. The van der Waals surface area contributed by atoms with Crippen LogP contribution in [0.3, 0.4) is 0 Å². The minimum absolute atomic E-state index is 0.0203. The van der Waals surface area contributed by atoms with Crippen LogP contribution in [-0.4, -0.2) is 18.8 Å². The van der Waals surface area contributed by atoms with Crippen LogP contribution in [0.15, 0.2) is 37.0 Å². The zero-order chi connectivity index (χ0) is 11.1. The monoisotopic (exact) mass is 209 g/mol. The first-order chi connectivity index (χ1) is 7.27. The van der Waals surface area contributed by atoms with Crippen LogP contribution in [0, 0.1) is 0 Å². The second kappa shape index (κ2) is 6.57. The van der Waals surface area contributed by atoms with Crippen LogP contribution in [0.4, 0.5) is 4.39 Å². The van der Waals surface area contributed by atoms with Crippen molar-refractivity contribution in [2.45, 2.75) is 37.9 Å². The van der Waals surface area contributed by atoms with Crippen LogP contribution in [0.25, 0.3) is 0 Å². The average molecular weight is 209 g/mol. The van der Waals surface area contributed by atoms with Crippen molar-refractivity contribution in [2.24, 2.45) is 0 Å². The van der Waals surface area contributed by atoms with Crippen LogP contribution in [0.5, 0.6) is 0 Å². The number of hydrogen-bond acceptors (Lipinski definition) is 1. The van der Waals surface area contributed by atoms with Crippen molar-refractivity contribution < 1.29 is 4.39 Å². The van der Waals surface area contributed by atoms with Crippen molar-refractivity contribution in [3.63, 3.8) is 0 Å². The number of halogens is 1. The van der Waals surface area contributed by atoms with E-state index in [4.69, 9.17) is 0 Å². The summed E-state index contributed by atoms with van der Waals surface area (Å²) >= 11 is 0. The maximum Gasteiger partial charge on any atom is 0.119 e. The number of hydrogen-bond donors (Lipinski definition) is 1. The van der Waals surface area contributed by atoms with Crippen LogP contribution >= 0.6 is 0 Å². The molecule has 0 bridgehead atoms. The van der Waals surface area contributed by atoms with E-state index in [1.54, 1.807) is 12.2 Å². The van der Waals surface area contributed by atoms with Crippen molar-refractivity contribution in [1.82, 2.24) is 5.32 Å². The first-order valence-corrected chi connectivity index (χ1v) is 5.59. The Morgan fingerprint density at radius 2 is 2.27 bits per heavy atom. The summed E-state index contributed by atoms with van der Waals surface area (Å²) in [6, 6.07) is 0.0203. The summed E-state index contributed by atoms with van der Waals surface area (Å²) in [6.07, 6.45) is 8.08. The number of rotatable bonds is 5. The van der Waals surface area contributed by atoms with E-state index in [9.17, 15) is 4.39 Å². The summed E-state index contributed by atoms with van der Waals surface area (Å²) in [7, 11) is 0. The van der Waals surface area contributed by atoms with Gasteiger partial charge >= 0.3 is 0 Å². The lowest BCUT2D eigenvalue weighted by Gasteiger charge is -2.26. The Morgan fingerprint density at radius 1 is 1.47 bits per heavy atom. The molecule has 84 valence electrons. The summed E-state index contributed by atoms with van der Waals surface area (Å²) in [6.45, 7) is 8.22. The molecule has 0 aromatic carbocycles. The Labute approximate surface area is 91.8 Å². The highest BCUT2D eigenvalue weighted by Gasteiger charge is 2.22. The van der Waals surface area contributed by atoms with Gasteiger partial charge in [-0.25, -0.2) is 4.39 Å². The molecule has 1 nitrogen and oxygen atoms in total. The van der Waals surface area contributed by atoms with E-state index >= 15 is 0 Å². The molecule has 1 fully saturated rings. The first kappa shape index (κ1) is 12.2. The maximum atomic E-state index is 13.9. The van der Waals surface area contributed by atoms with Gasteiger partial charge in [-0.15, -0.1) is 0 Å². The summed E-state index contributed by atoms with van der Waals surface area (Å²) < 4.78 is 13.9. The molecule has 0 amide bonds. The zero-order valence-electron chi connectivity index (χ0n) is 9.21. The average Bonchev–Trinajstić information content (AvgIpc) is 2.29. The van der Waals surface area contributed by atoms with E-state index in [0.29, 0.717) is 6.42 Å². The number of nitrogens with one attached hydrogen (secondary N) is 1. The highest BCUT2D eigenvalue weighted by atomic mass is 19.1. The van der Waals surface area contributed by atoms with Crippen LogP contribution in [-0.2, 0) is 0 Å². The Kier molecular flexibility index (Phi) is 5.33. The lowest BCUT2D eigenvalue weighted by Crippen LogP contribution is -2.41. The van der Waals surface area contributed by atoms with Crippen molar-refractivity contribution in [3.05, 3.63) is 37.0 Å². The second-order valence-corrected chi connectivity index (χ2v) is 3.96. The fourth-order valence-corrected chi connectivity index (χ4v) is 1.93. The Morgan fingerprint density at radius 3 is 2.80 bits per heavy atom. The zero-order valence-corrected chi connectivity index (χ0v) is 9.21. The third-order valence-corrected chi connectivity index (χ3v) is 2.81. The minimum atomic E-state index is -0.811. The van der Waals surface area contributed by atoms with Gasteiger partial charge in [-0.1, -0.05) is 37.8 Å². The highest BCUT2D eigenvalue weighted by molar-refractivity contribution is 5.22. The first-order valence-electron chi connectivity index (χ1n) is 5.59. The molecule has 2 heteroatoms. The van der Waals surface area contributed by atoms with Gasteiger partial charge in [0.1, 0.15) is 6.17 Å². The topological polar surface area (TPSA) is 12.0 Å². The molecule has 1 saturated heterocycles. The maximum absolute atomic E-state index is 13.9. The molecular weight excluding hydrogens is 189 g/mol. The molecule has 2 atom stereocenters. The van der Waals surface area contributed by atoms with Crippen LogP contribution < -0.4 is 5.32 Å². The standard InChI is InChI=1S/C13H20FN/c1-3-7-11(4-2)10-12(14)13-8-5-6-9-15-13/h3-4,7,12-13,15H,1-2,5-6,8-10H2/b11-7+. The van der Waals surface area contributed by atoms with E-state index in [2.05, 4.69) is 18.5 Å². The van der Waals surface area contributed by atoms with Gasteiger partial charge in [-0.3, -0.25) is 0 Å². The largest absolute Gasteiger partial charge is 0.311 e. The predicted octanol–water partition coefficient (Wildman–Crippen LogP) is 3.16. The summed E-state index contributed by atoms with van der Waals surface area (Å²) in [5, 5.41) is 3.23. The van der Waals surface area contributed by atoms with Crippen molar-refractivity contribution in [3.8, 4) is 0 Å². The molecule has 2 unspecified atom stereocenters. The SMILES string of the molecule is C=C/C=C(\C=C)CC(F)C1CCCCN1. The molecule has 1 aliphatic heterocycles. The normalized spacial score (nSPS) is 24.6. The molecule has 15 heavy (non-hydrogen) atoms. The summed E-state index contributed by atoms with van der Waals surface area (Å²) in [5.41, 5.74) is 0.921. The predicted molar refractivity (Wildman–Crippen MR) is 63.6 cm³/mol. The molecule has 1 rings (SSSR count). The molecule has 0 spiro atoms. The van der Waals surface area contributed by atoms with Gasteiger partial charge in [0, 0.05) is 12.5 Å². The van der Waals surface area contributed by atoms with Gasteiger partial charge in [0.05, 0.1) is 0 Å². The third-order valence-electron chi connectivity index (χ3n) is 2.81. The number of allylic oxidation sites excluding steroid dienone is 4. The van der Waals surface area contributed by atoms with Gasteiger partial charge in [-0.05, 0) is 25.0 Å². The molecule has 0 saturated carbocycles. The third kappa shape index (κ3) is 4.00. The molecule has 1 aliphatic rings. The smallest absolute Gasteiger partial charge is 0.119 e. The Hall–Kier alpha value is -0.890. The lowest BCUT2D eigenvalue weighted by atomic mass is 9.96. The van der Waals surface area contributed by atoms with Crippen molar-refractivity contribution in [1.29, 1.82) is 0 Å². The fraction of sp³-hybridized carbons (Fsp3) is 0.538. The fourth-order valence-electron chi connectivity index (χ4n) is 1.93. The van der Waals surface area contributed by atoms with Crippen LogP contribution in [0.2, 0.25) is 0 Å². The minimum Gasteiger partial charge on any atom is -0.311 e. The quantitative estimate of drug-likeness (QED) is 0.686. The van der Waals surface area contributed by atoms with Gasteiger partial charge in [0.15, 0.2) is 0 Å². The molecular formula is C13H20FN. The molecule has 1 N–H and O–H groups in total. The molecule has 0 aliphatic carbocycles. The van der Waals surface area contributed by atoms with Gasteiger partial charge in [-0.2, -0.15) is 0 Å². The highest BCUT2D eigenvalue weighted by Crippen LogP contribution is 2.19. The van der Waals surface area contributed by atoms with E-state index in [1.807, 2.05) is 6.08 Å². The van der Waals surface area contributed by atoms with Gasteiger partial charge < -0.3 is 5.32 Å². The lowest BCUT2D eigenvalue weighted by molar-refractivity contribution is 0.218. The van der Waals surface area contributed by atoms with Crippen molar-refractivity contribution in [2.75, 3.05) is 6.54 Å². The van der Waals surface area contributed by atoms with E-state index in [-0.39, 0.29) is 6.04 Å². The molecule has 0 radical (unpaired) electrons. The van der Waals surface area contributed by atoms with E-state index in [1.165, 1.54) is 6.42 Å². The molecule has 0 aromatic rings. The second-order valence-electron chi connectivity index (χ2n) is 3.96. The Balaban J connectivity index is 2.45. The number of piperidine rings is 1. The molecule has 1 heterocycles. The van der Waals surface area contributed by atoms with Gasteiger partial charge in [0.2, 0.25) is 0 Å². The van der Waals surface area contributed by atoms with E-state index < -0.39 is 6.17 Å². The Bertz CT molecular complexity index is 239. The van der Waals surface area contributed by atoms with Gasteiger partial charge in [0.25, 0.3) is 0 Å². The summed E-state index contributed by atoms with van der Waals surface area (Å²) in [5.74, 6) is 0. The van der Waals surface area contributed by atoms with Crippen molar-refractivity contribution >= 4 is 0 Å². The summed E-state index contributed by atoms with van der Waals surface area (Å²) in [4.78, 5) is 0. The van der Waals surface area contributed by atoms with Crippen LogP contribution in [0.1, 0.15) is 25.7 Å². The number of alkyl halides is 1.